The van der Waals surface area contributed by atoms with E-state index in [9.17, 15) is 4.79 Å². The predicted molar refractivity (Wildman–Crippen MR) is 125 cm³/mol. The van der Waals surface area contributed by atoms with Gasteiger partial charge in [0.25, 0.3) is 5.91 Å². The van der Waals surface area contributed by atoms with Gasteiger partial charge in [0, 0.05) is 28.1 Å². The number of hydrogen-bond acceptors (Lipinski definition) is 3. The third-order valence-electron chi connectivity index (χ3n) is 5.79. The molecule has 0 unspecified atom stereocenters. The molecule has 2 aromatic carbocycles. The number of unbranched alkanes of at least 4 members (excludes halogenated alkanes) is 2. The summed E-state index contributed by atoms with van der Waals surface area (Å²) in [6.45, 7) is 4.76. The second-order valence-corrected chi connectivity index (χ2v) is 7.70. The van der Waals surface area contributed by atoms with Crippen molar-refractivity contribution in [3.63, 3.8) is 0 Å². The first-order valence-corrected chi connectivity index (χ1v) is 10.8. The van der Waals surface area contributed by atoms with E-state index in [1.54, 1.807) is 14.2 Å². The minimum Gasteiger partial charge on any atom is -0.496 e. The van der Waals surface area contributed by atoms with Crippen molar-refractivity contribution in [2.24, 2.45) is 5.73 Å². The summed E-state index contributed by atoms with van der Waals surface area (Å²) in [4.78, 5) is 12.6. The molecule has 0 bridgehead atoms. The highest BCUT2D eigenvalue weighted by Crippen LogP contribution is 2.39. The number of carbonyl (C=O) groups excluding carboxylic acids is 1. The normalized spacial score (nSPS) is 10.8. The molecule has 0 saturated carbocycles. The van der Waals surface area contributed by atoms with E-state index in [0.29, 0.717) is 12.1 Å². The standard InChI is InChI=1S/C26H32N2O3/c1-5-6-7-14-21-25(20-13-9-11-16-23(20)31-4)24(26(27)29)18(2)28(21)17-19-12-8-10-15-22(19)30-3/h8-13,15-16H,5-7,14,17H2,1-4H3,(H2,27,29). The summed E-state index contributed by atoms with van der Waals surface area (Å²) in [5, 5.41) is 0. The van der Waals surface area contributed by atoms with Crippen LogP contribution in [0.25, 0.3) is 11.1 Å². The van der Waals surface area contributed by atoms with Crippen LogP contribution in [0.1, 0.15) is 53.5 Å². The average molecular weight is 421 g/mol. The number of rotatable bonds is 10. The minimum atomic E-state index is -0.422. The molecule has 0 aliphatic carbocycles. The molecule has 164 valence electrons. The molecule has 31 heavy (non-hydrogen) atoms. The van der Waals surface area contributed by atoms with E-state index in [4.69, 9.17) is 15.2 Å². The molecule has 0 radical (unpaired) electrons. The number of ether oxygens (including phenoxy) is 2. The molecule has 5 nitrogen and oxygen atoms in total. The Hall–Kier alpha value is -3.21. The van der Waals surface area contributed by atoms with Gasteiger partial charge in [-0.3, -0.25) is 4.79 Å². The van der Waals surface area contributed by atoms with Crippen molar-refractivity contribution >= 4 is 5.91 Å². The number of nitrogens with zero attached hydrogens (tertiary/aromatic N) is 1. The number of aromatic nitrogens is 1. The Morgan fingerprint density at radius 3 is 2.26 bits per heavy atom. The van der Waals surface area contributed by atoms with Crippen LogP contribution in [-0.4, -0.2) is 24.7 Å². The van der Waals surface area contributed by atoms with Crippen LogP contribution in [0.15, 0.2) is 48.5 Å². The Balaban J connectivity index is 2.26. The van der Waals surface area contributed by atoms with Crippen molar-refractivity contribution in [1.29, 1.82) is 0 Å². The zero-order valence-corrected chi connectivity index (χ0v) is 18.9. The molecule has 3 rings (SSSR count). The van der Waals surface area contributed by atoms with Crippen LogP contribution in [0.5, 0.6) is 11.5 Å². The lowest BCUT2D eigenvalue weighted by molar-refractivity contribution is 0.1000. The number of nitrogens with two attached hydrogens (primary N) is 1. The van der Waals surface area contributed by atoms with Gasteiger partial charge in [-0.1, -0.05) is 56.2 Å². The number of carbonyl (C=O) groups is 1. The number of methoxy groups -OCH3 is 2. The molecular formula is C26H32N2O3. The van der Waals surface area contributed by atoms with Crippen molar-refractivity contribution in [3.05, 3.63) is 71.0 Å². The fourth-order valence-electron chi connectivity index (χ4n) is 4.26. The summed E-state index contributed by atoms with van der Waals surface area (Å²) in [7, 11) is 3.33. The molecule has 1 aromatic heterocycles. The molecule has 0 fully saturated rings. The first-order chi connectivity index (χ1) is 15.0. The largest absolute Gasteiger partial charge is 0.496 e. The lowest BCUT2D eigenvalue weighted by atomic mass is 9.96. The van der Waals surface area contributed by atoms with E-state index < -0.39 is 5.91 Å². The van der Waals surface area contributed by atoms with Gasteiger partial charge < -0.3 is 19.8 Å². The number of amides is 1. The zero-order valence-electron chi connectivity index (χ0n) is 18.9. The topological polar surface area (TPSA) is 66.5 Å². The van der Waals surface area contributed by atoms with Crippen LogP contribution in [-0.2, 0) is 13.0 Å². The maximum Gasteiger partial charge on any atom is 0.251 e. The third kappa shape index (κ3) is 4.61. The van der Waals surface area contributed by atoms with E-state index in [0.717, 1.165) is 65.3 Å². The Labute approximate surface area is 184 Å². The van der Waals surface area contributed by atoms with Gasteiger partial charge in [0.2, 0.25) is 0 Å². The predicted octanol–water partition coefficient (Wildman–Crippen LogP) is 5.36. The molecule has 1 amide bonds. The molecule has 0 spiro atoms. The maximum absolute atomic E-state index is 12.6. The highest BCUT2D eigenvalue weighted by atomic mass is 16.5. The SMILES string of the molecule is CCCCCc1c(-c2ccccc2OC)c(C(N)=O)c(C)n1Cc1ccccc1OC. The van der Waals surface area contributed by atoms with Crippen LogP contribution in [0.2, 0.25) is 0 Å². The Morgan fingerprint density at radius 1 is 0.968 bits per heavy atom. The van der Waals surface area contributed by atoms with E-state index >= 15 is 0 Å². The molecule has 5 heteroatoms. The van der Waals surface area contributed by atoms with Gasteiger partial charge in [0.1, 0.15) is 11.5 Å². The molecule has 3 aromatic rings. The molecule has 0 aliphatic rings. The molecular weight excluding hydrogens is 388 g/mol. The van der Waals surface area contributed by atoms with Crippen molar-refractivity contribution in [3.8, 4) is 22.6 Å². The maximum atomic E-state index is 12.6. The zero-order chi connectivity index (χ0) is 22.4. The number of hydrogen-bond donors (Lipinski definition) is 1. The average Bonchev–Trinajstić information content (AvgIpc) is 3.05. The Morgan fingerprint density at radius 2 is 1.61 bits per heavy atom. The van der Waals surface area contributed by atoms with Crippen LogP contribution < -0.4 is 15.2 Å². The van der Waals surface area contributed by atoms with E-state index in [-0.39, 0.29) is 0 Å². The fraction of sp³-hybridized carbons (Fsp3) is 0.346. The van der Waals surface area contributed by atoms with Gasteiger partial charge in [0.05, 0.1) is 26.3 Å². The van der Waals surface area contributed by atoms with Gasteiger partial charge in [-0.2, -0.15) is 0 Å². The summed E-state index contributed by atoms with van der Waals surface area (Å²) in [6, 6.07) is 15.8. The van der Waals surface area contributed by atoms with Crippen LogP contribution in [0.4, 0.5) is 0 Å². The lowest BCUT2D eigenvalue weighted by Crippen LogP contribution is -2.14. The third-order valence-corrected chi connectivity index (χ3v) is 5.79. The fourth-order valence-corrected chi connectivity index (χ4v) is 4.26. The molecule has 1 heterocycles. The number of para-hydroxylation sites is 2. The first kappa shape index (κ1) is 22.5. The molecule has 2 N–H and O–H groups in total. The highest BCUT2D eigenvalue weighted by Gasteiger charge is 2.26. The van der Waals surface area contributed by atoms with E-state index in [1.807, 2.05) is 49.4 Å². The second-order valence-electron chi connectivity index (χ2n) is 7.70. The van der Waals surface area contributed by atoms with Gasteiger partial charge in [-0.25, -0.2) is 0 Å². The summed E-state index contributed by atoms with van der Waals surface area (Å²) in [5.41, 5.74) is 11.3. The van der Waals surface area contributed by atoms with Crippen LogP contribution in [0.3, 0.4) is 0 Å². The van der Waals surface area contributed by atoms with Crippen LogP contribution in [0, 0.1) is 6.92 Å². The number of primary amides is 1. The Kier molecular flexibility index (Phi) is 7.40. The van der Waals surface area contributed by atoms with Crippen LogP contribution >= 0.6 is 0 Å². The van der Waals surface area contributed by atoms with E-state index in [1.165, 1.54) is 0 Å². The second kappa shape index (κ2) is 10.2. The molecule has 0 atom stereocenters. The lowest BCUT2D eigenvalue weighted by Gasteiger charge is -2.16. The van der Waals surface area contributed by atoms with Gasteiger partial charge in [-0.15, -0.1) is 0 Å². The minimum absolute atomic E-state index is 0.422. The number of benzene rings is 2. The monoisotopic (exact) mass is 420 g/mol. The summed E-state index contributed by atoms with van der Waals surface area (Å²) >= 11 is 0. The van der Waals surface area contributed by atoms with E-state index in [2.05, 4.69) is 17.6 Å². The van der Waals surface area contributed by atoms with Crippen molar-refractivity contribution in [2.45, 2.75) is 46.1 Å². The smallest absolute Gasteiger partial charge is 0.251 e. The molecule has 0 aliphatic heterocycles. The summed E-state index contributed by atoms with van der Waals surface area (Å²) in [5.74, 6) is 1.14. The van der Waals surface area contributed by atoms with Crippen molar-refractivity contribution in [1.82, 2.24) is 4.57 Å². The quantitative estimate of drug-likeness (QED) is 0.449. The summed E-state index contributed by atoms with van der Waals surface area (Å²) < 4.78 is 13.4. The van der Waals surface area contributed by atoms with Crippen molar-refractivity contribution < 1.29 is 14.3 Å². The van der Waals surface area contributed by atoms with Gasteiger partial charge in [-0.05, 0) is 31.9 Å². The molecule has 0 saturated heterocycles. The van der Waals surface area contributed by atoms with Gasteiger partial charge in [0.15, 0.2) is 0 Å². The first-order valence-electron chi connectivity index (χ1n) is 10.8. The highest BCUT2D eigenvalue weighted by molar-refractivity contribution is 6.03. The summed E-state index contributed by atoms with van der Waals surface area (Å²) in [6.07, 6.45) is 4.13. The Bertz CT molecular complexity index is 1050. The van der Waals surface area contributed by atoms with Crippen molar-refractivity contribution in [2.75, 3.05) is 14.2 Å². The van der Waals surface area contributed by atoms with Gasteiger partial charge >= 0.3 is 0 Å².